The molecule has 0 bridgehead atoms. The first-order valence-corrected chi connectivity index (χ1v) is 7.07. The predicted molar refractivity (Wildman–Crippen MR) is 71.1 cm³/mol. The van der Waals surface area contributed by atoms with Crippen LogP contribution in [-0.4, -0.2) is 52.1 Å². The van der Waals surface area contributed by atoms with Crippen molar-refractivity contribution in [2.45, 2.75) is 64.3 Å². The molecule has 2 aliphatic heterocycles. The molecule has 0 radical (unpaired) electrons. The van der Waals surface area contributed by atoms with Gasteiger partial charge in [-0.15, -0.1) is 0 Å². The molecule has 1 spiro atoms. The van der Waals surface area contributed by atoms with Gasteiger partial charge in [0.25, 0.3) is 0 Å². The summed E-state index contributed by atoms with van der Waals surface area (Å²) in [5, 5.41) is 19.1. The van der Waals surface area contributed by atoms with Crippen LogP contribution >= 0.6 is 0 Å². The fourth-order valence-electron chi connectivity index (χ4n) is 3.20. The third kappa shape index (κ3) is 3.03. The lowest BCUT2D eigenvalue weighted by Gasteiger charge is -2.50. The summed E-state index contributed by atoms with van der Waals surface area (Å²) in [5.74, 6) is 0. The van der Waals surface area contributed by atoms with Crippen molar-refractivity contribution in [2.24, 2.45) is 5.41 Å². The Morgan fingerprint density at radius 1 is 1.26 bits per heavy atom. The van der Waals surface area contributed by atoms with Crippen LogP contribution in [0.25, 0.3) is 0 Å². The average molecular weight is 271 g/mol. The van der Waals surface area contributed by atoms with Crippen LogP contribution in [-0.2, 0) is 4.74 Å². The number of amides is 1. The molecule has 5 heteroatoms. The average Bonchev–Trinajstić information content (AvgIpc) is 2.32. The Morgan fingerprint density at radius 2 is 1.84 bits per heavy atom. The van der Waals surface area contributed by atoms with Gasteiger partial charge in [-0.25, -0.2) is 4.79 Å². The molecule has 1 amide bonds. The van der Waals surface area contributed by atoms with E-state index in [4.69, 9.17) is 9.84 Å². The van der Waals surface area contributed by atoms with Crippen molar-refractivity contribution in [3.05, 3.63) is 0 Å². The maximum atomic E-state index is 10.9. The summed E-state index contributed by atoms with van der Waals surface area (Å²) < 4.78 is 6.25. The summed E-state index contributed by atoms with van der Waals surface area (Å²) in [6.45, 7) is 7.29. The highest BCUT2D eigenvalue weighted by molar-refractivity contribution is 5.65. The van der Waals surface area contributed by atoms with Gasteiger partial charge in [0, 0.05) is 13.1 Å². The number of aliphatic hydroxyl groups is 1. The van der Waals surface area contributed by atoms with Crippen molar-refractivity contribution in [1.82, 2.24) is 4.90 Å². The molecule has 2 fully saturated rings. The van der Waals surface area contributed by atoms with Crippen LogP contribution in [0.5, 0.6) is 0 Å². The Balaban J connectivity index is 2.04. The zero-order chi connectivity index (χ0) is 14.3. The molecule has 2 N–H and O–H groups in total. The fourth-order valence-corrected chi connectivity index (χ4v) is 3.20. The first-order chi connectivity index (χ1) is 8.73. The molecule has 110 valence electrons. The number of rotatable bonds is 0. The quantitative estimate of drug-likeness (QED) is 0.707. The third-order valence-electron chi connectivity index (χ3n) is 4.42. The molecule has 2 aliphatic rings. The molecule has 2 saturated heterocycles. The SMILES string of the molecule is CC(C)(C)C1OC2(CCC1O)CCN(C(=O)O)CC2. The van der Waals surface area contributed by atoms with Crippen molar-refractivity contribution in [2.75, 3.05) is 13.1 Å². The van der Waals surface area contributed by atoms with Gasteiger partial charge >= 0.3 is 6.09 Å². The summed E-state index contributed by atoms with van der Waals surface area (Å²) >= 11 is 0. The predicted octanol–water partition coefficient (Wildman–Crippen LogP) is 2.08. The smallest absolute Gasteiger partial charge is 0.407 e. The molecular formula is C14H25NO4. The number of aliphatic hydroxyl groups excluding tert-OH is 1. The van der Waals surface area contributed by atoms with Gasteiger partial charge < -0.3 is 19.8 Å². The van der Waals surface area contributed by atoms with Crippen LogP contribution in [0, 0.1) is 5.41 Å². The van der Waals surface area contributed by atoms with Gasteiger partial charge in [0.05, 0.1) is 17.8 Å². The maximum absolute atomic E-state index is 10.9. The van der Waals surface area contributed by atoms with Crippen LogP contribution < -0.4 is 0 Å². The Kier molecular flexibility index (Phi) is 3.80. The van der Waals surface area contributed by atoms with E-state index >= 15 is 0 Å². The molecule has 0 saturated carbocycles. The summed E-state index contributed by atoms with van der Waals surface area (Å²) in [7, 11) is 0. The zero-order valence-corrected chi connectivity index (χ0v) is 12.1. The zero-order valence-electron chi connectivity index (χ0n) is 12.1. The van der Waals surface area contributed by atoms with Crippen molar-refractivity contribution in [3.63, 3.8) is 0 Å². The number of ether oxygens (including phenoxy) is 1. The molecule has 0 aliphatic carbocycles. The number of carbonyl (C=O) groups is 1. The molecule has 0 aromatic carbocycles. The molecule has 2 rings (SSSR count). The number of hydrogen-bond donors (Lipinski definition) is 2. The first kappa shape index (κ1) is 14.6. The van der Waals surface area contributed by atoms with Gasteiger partial charge in [0.2, 0.25) is 0 Å². The minimum absolute atomic E-state index is 0.100. The second-order valence-electron chi connectivity index (χ2n) is 6.96. The maximum Gasteiger partial charge on any atom is 0.407 e. The fraction of sp³-hybridized carbons (Fsp3) is 0.929. The number of piperidine rings is 1. The lowest BCUT2D eigenvalue weighted by Crippen LogP contribution is -2.56. The van der Waals surface area contributed by atoms with Crippen molar-refractivity contribution in [1.29, 1.82) is 0 Å². The van der Waals surface area contributed by atoms with Gasteiger partial charge in [-0.2, -0.15) is 0 Å². The normalized spacial score (nSPS) is 31.5. The van der Waals surface area contributed by atoms with Crippen molar-refractivity contribution < 1.29 is 19.7 Å². The molecule has 5 nitrogen and oxygen atoms in total. The van der Waals surface area contributed by atoms with E-state index in [2.05, 4.69) is 20.8 Å². The highest BCUT2D eigenvalue weighted by Gasteiger charge is 2.47. The van der Waals surface area contributed by atoms with Gasteiger partial charge in [0.15, 0.2) is 0 Å². The van der Waals surface area contributed by atoms with E-state index in [0.717, 1.165) is 25.7 Å². The van der Waals surface area contributed by atoms with Crippen LogP contribution in [0.1, 0.15) is 46.5 Å². The number of likely N-dealkylation sites (tertiary alicyclic amines) is 1. The molecule has 2 heterocycles. The van der Waals surface area contributed by atoms with Gasteiger partial charge in [-0.3, -0.25) is 0 Å². The van der Waals surface area contributed by atoms with E-state index < -0.39 is 12.2 Å². The lowest BCUT2D eigenvalue weighted by atomic mass is 9.76. The lowest BCUT2D eigenvalue weighted by molar-refractivity contribution is -0.219. The van der Waals surface area contributed by atoms with E-state index in [1.807, 2.05) is 0 Å². The topological polar surface area (TPSA) is 70.0 Å². The van der Waals surface area contributed by atoms with Crippen molar-refractivity contribution in [3.8, 4) is 0 Å². The van der Waals surface area contributed by atoms with Crippen LogP contribution in [0.2, 0.25) is 0 Å². The first-order valence-electron chi connectivity index (χ1n) is 7.07. The van der Waals surface area contributed by atoms with Crippen molar-refractivity contribution >= 4 is 6.09 Å². The molecular weight excluding hydrogens is 246 g/mol. The van der Waals surface area contributed by atoms with Crippen LogP contribution in [0.15, 0.2) is 0 Å². The Morgan fingerprint density at radius 3 is 2.32 bits per heavy atom. The largest absolute Gasteiger partial charge is 0.465 e. The van der Waals surface area contributed by atoms with E-state index in [-0.39, 0.29) is 17.1 Å². The minimum Gasteiger partial charge on any atom is -0.465 e. The van der Waals surface area contributed by atoms with E-state index in [1.54, 1.807) is 0 Å². The second kappa shape index (κ2) is 4.94. The summed E-state index contributed by atoms with van der Waals surface area (Å²) in [4.78, 5) is 12.4. The summed E-state index contributed by atoms with van der Waals surface area (Å²) in [6, 6.07) is 0. The van der Waals surface area contributed by atoms with Gasteiger partial charge in [-0.1, -0.05) is 20.8 Å². The molecule has 19 heavy (non-hydrogen) atoms. The summed E-state index contributed by atoms with van der Waals surface area (Å²) in [5.41, 5.74) is -0.333. The van der Waals surface area contributed by atoms with Gasteiger partial charge in [-0.05, 0) is 31.1 Å². The monoisotopic (exact) mass is 271 g/mol. The highest BCUT2D eigenvalue weighted by Crippen LogP contribution is 2.42. The van der Waals surface area contributed by atoms with E-state index in [9.17, 15) is 9.90 Å². The number of nitrogens with zero attached hydrogens (tertiary/aromatic N) is 1. The van der Waals surface area contributed by atoms with E-state index in [0.29, 0.717) is 13.1 Å². The Hall–Kier alpha value is -0.810. The molecule has 0 aromatic rings. The summed E-state index contributed by atoms with van der Waals surface area (Å²) in [6.07, 6.45) is 1.61. The minimum atomic E-state index is -0.849. The standard InChI is InChI=1S/C14H25NO4/c1-13(2,3)11-10(16)4-5-14(19-11)6-8-15(9-7-14)12(17)18/h10-11,16H,4-9H2,1-3H3,(H,17,18). The second-order valence-corrected chi connectivity index (χ2v) is 6.96. The Bertz CT molecular complexity index is 342. The number of hydrogen-bond acceptors (Lipinski definition) is 3. The van der Waals surface area contributed by atoms with E-state index in [1.165, 1.54) is 4.90 Å². The molecule has 0 aromatic heterocycles. The van der Waals surface area contributed by atoms with Gasteiger partial charge in [0.1, 0.15) is 0 Å². The molecule has 2 unspecified atom stereocenters. The number of carboxylic acid groups (broad SMARTS) is 1. The van der Waals surface area contributed by atoms with Crippen LogP contribution in [0.3, 0.4) is 0 Å². The molecule has 2 atom stereocenters. The Labute approximate surface area is 114 Å². The van der Waals surface area contributed by atoms with Crippen LogP contribution in [0.4, 0.5) is 4.79 Å². The highest BCUT2D eigenvalue weighted by atomic mass is 16.5. The third-order valence-corrected chi connectivity index (χ3v) is 4.42.